The van der Waals surface area contributed by atoms with Crippen LogP contribution in [0.2, 0.25) is 5.02 Å². The normalized spacial score (nSPS) is 12.6. The standard InChI is InChI=1S/C11H16ClNO2/c1-3-7-4-11(15-2)9(12)5-8(7)10(13)6-14/h4-5,10,14H,3,6,13H2,1-2H3. The molecule has 0 radical (unpaired) electrons. The zero-order chi connectivity index (χ0) is 11.4. The fourth-order valence-electron chi connectivity index (χ4n) is 1.52. The van der Waals surface area contributed by atoms with Crippen LogP contribution in [-0.2, 0) is 6.42 Å². The van der Waals surface area contributed by atoms with Gasteiger partial charge < -0.3 is 15.6 Å². The average molecular weight is 230 g/mol. The average Bonchev–Trinajstić information content (AvgIpc) is 2.27. The summed E-state index contributed by atoms with van der Waals surface area (Å²) in [7, 11) is 1.58. The molecule has 0 spiro atoms. The number of nitrogens with two attached hydrogens (primary N) is 1. The van der Waals surface area contributed by atoms with Crippen LogP contribution in [0.25, 0.3) is 0 Å². The molecule has 4 heteroatoms. The maximum Gasteiger partial charge on any atom is 0.137 e. The lowest BCUT2D eigenvalue weighted by Gasteiger charge is -2.15. The van der Waals surface area contributed by atoms with Gasteiger partial charge in [-0.25, -0.2) is 0 Å². The predicted molar refractivity (Wildman–Crippen MR) is 61.4 cm³/mol. The summed E-state index contributed by atoms with van der Waals surface area (Å²) in [5.74, 6) is 0.641. The van der Waals surface area contributed by atoms with E-state index in [-0.39, 0.29) is 12.6 Å². The van der Waals surface area contributed by atoms with Crippen LogP contribution < -0.4 is 10.5 Å². The van der Waals surface area contributed by atoms with Crippen LogP contribution in [-0.4, -0.2) is 18.8 Å². The van der Waals surface area contributed by atoms with Crippen LogP contribution in [0.5, 0.6) is 5.75 Å². The van der Waals surface area contributed by atoms with E-state index in [1.54, 1.807) is 13.2 Å². The van der Waals surface area contributed by atoms with Gasteiger partial charge in [0.05, 0.1) is 24.8 Å². The van der Waals surface area contributed by atoms with Crippen molar-refractivity contribution in [1.29, 1.82) is 0 Å². The lowest BCUT2D eigenvalue weighted by atomic mass is 9.99. The van der Waals surface area contributed by atoms with Crippen molar-refractivity contribution in [2.45, 2.75) is 19.4 Å². The molecule has 1 unspecified atom stereocenters. The van der Waals surface area contributed by atoms with E-state index < -0.39 is 0 Å². The summed E-state index contributed by atoms with van der Waals surface area (Å²) in [5.41, 5.74) is 7.72. The minimum atomic E-state index is -0.386. The zero-order valence-corrected chi connectivity index (χ0v) is 9.71. The minimum Gasteiger partial charge on any atom is -0.495 e. The Morgan fingerprint density at radius 3 is 2.67 bits per heavy atom. The molecular weight excluding hydrogens is 214 g/mol. The van der Waals surface area contributed by atoms with E-state index in [0.29, 0.717) is 10.8 Å². The third-order valence-electron chi connectivity index (χ3n) is 2.39. The van der Waals surface area contributed by atoms with Gasteiger partial charge in [-0.05, 0) is 29.7 Å². The molecule has 0 saturated heterocycles. The van der Waals surface area contributed by atoms with Crippen molar-refractivity contribution in [3.05, 3.63) is 28.3 Å². The van der Waals surface area contributed by atoms with Crippen molar-refractivity contribution in [2.24, 2.45) is 5.73 Å². The van der Waals surface area contributed by atoms with Gasteiger partial charge in [0.1, 0.15) is 5.75 Å². The molecule has 3 N–H and O–H groups in total. The second-order valence-corrected chi connectivity index (χ2v) is 3.74. The Morgan fingerprint density at radius 1 is 1.53 bits per heavy atom. The molecule has 0 aliphatic rings. The first-order valence-electron chi connectivity index (χ1n) is 4.86. The van der Waals surface area contributed by atoms with Crippen molar-refractivity contribution in [1.82, 2.24) is 0 Å². The quantitative estimate of drug-likeness (QED) is 0.829. The van der Waals surface area contributed by atoms with Crippen molar-refractivity contribution in [3.8, 4) is 5.75 Å². The summed E-state index contributed by atoms with van der Waals surface area (Å²) in [6, 6.07) is 3.25. The van der Waals surface area contributed by atoms with E-state index in [9.17, 15) is 0 Å². The Morgan fingerprint density at radius 2 is 2.20 bits per heavy atom. The molecule has 1 atom stereocenters. The van der Waals surface area contributed by atoms with Gasteiger partial charge in [0.25, 0.3) is 0 Å². The Labute approximate surface area is 94.8 Å². The monoisotopic (exact) mass is 229 g/mol. The summed E-state index contributed by atoms with van der Waals surface area (Å²) in [6.45, 7) is 1.94. The van der Waals surface area contributed by atoms with Crippen molar-refractivity contribution in [3.63, 3.8) is 0 Å². The van der Waals surface area contributed by atoms with E-state index in [0.717, 1.165) is 17.5 Å². The number of hydrogen-bond donors (Lipinski definition) is 2. The molecule has 0 bridgehead atoms. The highest BCUT2D eigenvalue weighted by Gasteiger charge is 2.13. The smallest absolute Gasteiger partial charge is 0.137 e. The van der Waals surface area contributed by atoms with Crippen LogP contribution in [0.15, 0.2) is 12.1 Å². The Balaban J connectivity index is 3.21. The molecule has 0 aliphatic carbocycles. The molecule has 15 heavy (non-hydrogen) atoms. The molecule has 0 fully saturated rings. The number of hydrogen-bond acceptors (Lipinski definition) is 3. The van der Waals surface area contributed by atoms with Gasteiger partial charge in [0.2, 0.25) is 0 Å². The number of methoxy groups -OCH3 is 1. The highest BCUT2D eigenvalue weighted by molar-refractivity contribution is 6.32. The molecule has 1 aromatic carbocycles. The summed E-state index contributed by atoms with van der Waals surface area (Å²) in [5, 5.41) is 9.55. The van der Waals surface area contributed by atoms with Gasteiger partial charge >= 0.3 is 0 Å². The van der Waals surface area contributed by atoms with E-state index in [1.165, 1.54) is 0 Å². The second-order valence-electron chi connectivity index (χ2n) is 3.33. The topological polar surface area (TPSA) is 55.5 Å². The Kier molecular flexibility index (Phi) is 4.39. The highest BCUT2D eigenvalue weighted by atomic mass is 35.5. The summed E-state index contributed by atoms with van der Waals surface area (Å²) < 4.78 is 5.12. The summed E-state index contributed by atoms with van der Waals surface area (Å²) in [6.07, 6.45) is 0.830. The Hall–Kier alpha value is -0.770. The number of rotatable bonds is 4. The molecule has 0 heterocycles. The molecule has 3 nitrogen and oxygen atoms in total. The SMILES string of the molecule is CCc1cc(OC)c(Cl)cc1C(N)CO. The predicted octanol–water partition coefficient (Wildman–Crippen LogP) is 1.90. The first-order valence-corrected chi connectivity index (χ1v) is 5.24. The van der Waals surface area contributed by atoms with Crippen LogP contribution >= 0.6 is 11.6 Å². The number of aryl methyl sites for hydroxylation is 1. The molecular formula is C11H16ClNO2. The first-order chi connectivity index (χ1) is 7.13. The van der Waals surface area contributed by atoms with E-state index in [1.807, 2.05) is 13.0 Å². The summed E-state index contributed by atoms with van der Waals surface area (Å²) in [4.78, 5) is 0. The fourth-order valence-corrected chi connectivity index (χ4v) is 1.77. The number of halogens is 1. The number of benzene rings is 1. The van der Waals surface area contributed by atoms with Gasteiger partial charge in [-0.1, -0.05) is 18.5 Å². The van der Waals surface area contributed by atoms with Crippen LogP contribution in [0.4, 0.5) is 0 Å². The second kappa shape index (κ2) is 5.35. The van der Waals surface area contributed by atoms with Gasteiger partial charge in [0.15, 0.2) is 0 Å². The summed E-state index contributed by atoms with van der Waals surface area (Å²) >= 11 is 6.00. The van der Waals surface area contributed by atoms with Crippen molar-refractivity contribution in [2.75, 3.05) is 13.7 Å². The first kappa shape index (κ1) is 12.3. The molecule has 84 valence electrons. The minimum absolute atomic E-state index is 0.0876. The molecule has 0 amide bonds. The number of ether oxygens (including phenoxy) is 1. The lowest BCUT2D eigenvalue weighted by Crippen LogP contribution is -2.16. The van der Waals surface area contributed by atoms with Gasteiger partial charge in [-0.2, -0.15) is 0 Å². The van der Waals surface area contributed by atoms with Gasteiger partial charge in [-0.3, -0.25) is 0 Å². The number of aliphatic hydroxyl groups is 1. The van der Waals surface area contributed by atoms with Crippen LogP contribution in [0.3, 0.4) is 0 Å². The fraction of sp³-hybridized carbons (Fsp3) is 0.455. The number of aliphatic hydroxyl groups excluding tert-OH is 1. The van der Waals surface area contributed by atoms with Crippen molar-refractivity contribution < 1.29 is 9.84 Å². The van der Waals surface area contributed by atoms with Gasteiger partial charge in [0, 0.05) is 0 Å². The van der Waals surface area contributed by atoms with Crippen molar-refractivity contribution >= 4 is 11.6 Å². The molecule has 0 aromatic heterocycles. The third kappa shape index (κ3) is 2.62. The Bertz CT molecular complexity index is 342. The molecule has 0 aliphatic heterocycles. The van der Waals surface area contributed by atoms with E-state index in [4.69, 9.17) is 27.2 Å². The zero-order valence-electron chi connectivity index (χ0n) is 8.96. The highest BCUT2D eigenvalue weighted by Crippen LogP contribution is 2.30. The van der Waals surface area contributed by atoms with E-state index in [2.05, 4.69) is 0 Å². The molecule has 1 rings (SSSR count). The van der Waals surface area contributed by atoms with E-state index >= 15 is 0 Å². The maximum atomic E-state index is 9.03. The maximum absolute atomic E-state index is 9.03. The molecule has 0 saturated carbocycles. The third-order valence-corrected chi connectivity index (χ3v) is 2.69. The van der Waals surface area contributed by atoms with Crippen LogP contribution in [0.1, 0.15) is 24.1 Å². The van der Waals surface area contributed by atoms with Gasteiger partial charge in [-0.15, -0.1) is 0 Å². The lowest BCUT2D eigenvalue weighted by molar-refractivity contribution is 0.267. The molecule has 1 aromatic rings. The largest absolute Gasteiger partial charge is 0.495 e. The van der Waals surface area contributed by atoms with Crippen LogP contribution in [0, 0.1) is 0 Å².